The number of carboxylic acids is 1. The summed E-state index contributed by atoms with van der Waals surface area (Å²) in [6.07, 6.45) is -0.206. The number of thioether (sulfide) groups is 1. The molecule has 1 aromatic rings. The zero-order chi connectivity index (χ0) is 16.2. The van der Waals surface area contributed by atoms with Gasteiger partial charge in [-0.15, -0.1) is 11.3 Å². The van der Waals surface area contributed by atoms with Gasteiger partial charge in [0.1, 0.15) is 9.77 Å². The summed E-state index contributed by atoms with van der Waals surface area (Å²) >= 11 is 2.73. The van der Waals surface area contributed by atoms with Crippen LogP contribution < -0.4 is 5.32 Å². The van der Waals surface area contributed by atoms with E-state index in [1.165, 1.54) is 10.4 Å². The van der Waals surface area contributed by atoms with Crippen LogP contribution in [-0.2, 0) is 14.8 Å². The smallest absolute Gasteiger partial charge is 0.305 e. The van der Waals surface area contributed by atoms with Crippen LogP contribution in [0, 0.1) is 0 Å². The van der Waals surface area contributed by atoms with E-state index >= 15 is 0 Å². The highest BCUT2D eigenvalue weighted by Crippen LogP contribution is 2.27. The fourth-order valence-electron chi connectivity index (χ4n) is 1.96. The topological polar surface area (TPSA) is 104 Å². The van der Waals surface area contributed by atoms with Crippen molar-refractivity contribution in [3.05, 3.63) is 16.3 Å². The van der Waals surface area contributed by atoms with Gasteiger partial charge < -0.3 is 10.4 Å². The molecular formula is C12H16N2O5S3. The van der Waals surface area contributed by atoms with E-state index in [4.69, 9.17) is 5.11 Å². The van der Waals surface area contributed by atoms with Crippen molar-refractivity contribution in [3.8, 4) is 0 Å². The van der Waals surface area contributed by atoms with Crippen molar-refractivity contribution in [2.24, 2.45) is 0 Å². The lowest BCUT2D eigenvalue weighted by molar-refractivity contribution is -0.136. The number of nitrogens with one attached hydrogen (secondary N) is 1. The molecule has 1 fully saturated rings. The van der Waals surface area contributed by atoms with Crippen molar-refractivity contribution in [1.29, 1.82) is 0 Å². The Morgan fingerprint density at radius 1 is 1.32 bits per heavy atom. The second-order valence-electron chi connectivity index (χ2n) is 4.53. The first kappa shape index (κ1) is 17.3. The Labute approximate surface area is 136 Å². The molecular weight excluding hydrogens is 348 g/mol. The number of amides is 1. The molecule has 1 saturated heterocycles. The van der Waals surface area contributed by atoms with E-state index in [9.17, 15) is 18.0 Å². The summed E-state index contributed by atoms with van der Waals surface area (Å²) in [5.74, 6) is -0.0983. The molecule has 2 rings (SSSR count). The van der Waals surface area contributed by atoms with Crippen LogP contribution in [0.25, 0.3) is 0 Å². The van der Waals surface area contributed by atoms with Gasteiger partial charge in [-0.25, -0.2) is 8.42 Å². The Kier molecular flexibility index (Phi) is 5.84. The van der Waals surface area contributed by atoms with E-state index in [0.717, 1.165) is 22.8 Å². The molecule has 10 heteroatoms. The molecule has 1 aromatic heterocycles. The summed E-state index contributed by atoms with van der Waals surface area (Å²) in [4.78, 5) is 22.6. The second-order valence-corrected chi connectivity index (χ2v) is 8.58. The molecule has 0 spiro atoms. The van der Waals surface area contributed by atoms with Gasteiger partial charge in [0.15, 0.2) is 0 Å². The summed E-state index contributed by atoms with van der Waals surface area (Å²) < 4.78 is 26.6. The Morgan fingerprint density at radius 3 is 2.64 bits per heavy atom. The van der Waals surface area contributed by atoms with Crippen molar-refractivity contribution in [2.45, 2.75) is 11.3 Å². The monoisotopic (exact) mass is 364 g/mol. The van der Waals surface area contributed by atoms with Crippen LogP contribution in [0.5, 0.6) is 0 Å². The molecule has 0 aromatic carbocycles. The van der Waals surface area contributed by atoms with Gasteiger partial charge in [0, 0.05) is 31.1 Å². The number of aliphatic carboxylic acids is 1. The maximum atomic E-state index is 12.6. The van der Waals surface area contributed by atoms with Crippen LogP contribution in [0.2, 0.25) is 0 Å². The molecule has 0 unspecified atom stereocenters. The van der Waals surface area contributed by atoms with Gasteiger partial charge in [-0.05, 0) is 11.4 Å². The number of carbonyl (C=O) groups excluding carboxylic acids is 1. The standard InChI is InChI=1S/C12H16N2O5S3/c15-10(16)1-3-13-12(17)11-9(2-6-21-11)22(18,19)14-4-7-20-8-5-14/h2,6H,1,3-5,7-8H2,(H,13,17)(H,15,16). The average molecular weight is 364 g/mol. The molecule has 0 aliphatic carbocycles. The van der Waals surface area contributed by atoms with Crippen LogP contribution in [0.15, 0.2) is 16.3 Å². The molecule has 2 heterocycles. The van der Waals surface area contributed by atoms with Crippen molar-refractivity contribution in [3.63, 3.8) is 0 Å². The van der Waals surface area contributed by atoms with Gasteiger partial charge in [-0.3, -0.25) is 9.59 Å². The minimum atomic E-state index is -3.68. The highest BCUT2D eigenvalue weighted by molar-refractivity contribution is 7.99. The molecule has 122 valence electrons. The summed E-state index contributed by atoms with van der Waals surface area (Å²) in [6, 6.07) is 1.42. The fraction of sp³-hybridized carbons (Fsp3) is 0.500. The highest BCUT2D eigenvalue weighted by atomic mass is 32.2. The largest absolute Gasteiger partial charge is 0.481 e. The number of thiophene rings is 1. The van der Waals surface area contributed by atoms with E-state index in [0.29, 0.717) is 13.1 Å². The molecule has 0 atom stereocenters. The summed E-state index contributed by atoms with van der Waals surface area (Å²) in [7, 11) is -3.68. The highest BCUT2D eigenvalue weighted by Gasteiger charge is 2.31. The molecule has 2 N–H and O–H groups in total. The fourth-order valence-corrected chi connectivity index (χ4v) is 5.85. The first-order chi connectivity index (χ1) is 10.4. The normalized spacial score (nSPS) is 16.4. The van der Waals surface area contributed by atoms with Gasteiger partial charge in [0.05, 0.1) is 6.42 Å². The van der Waals surface area contributed by atoms with Crippen LogP contribution in [-0.4, -0.2) is 60.8 Å². The number of sulfonamides is 1. The maximum Gasteiger partial charge on any atom is 0.305 e. The molecule has 22 heavy (non-hydrogen) atoms. The first-order valence-corrected chi connectivity index (χ1v) is 10.1. The molecule has 0 saturated carbocycles. The zero-order valence-corrected chi connectivity index (χ0v) is 14.1. The number of hydrogen-bond acceptors (Lipinski definition) is 6. The van der Waals surface area contributed by atoms with E-state index in [-0.39, 0.29) is 22.7 Å². The van der Waals surface area contributed by atoms with Crippen LogP contribution in [0.3, 0.4) is 0 Å². The van der Waals surface area contributed by atoms with Crippen molar-refractivity contribution in [1.82, 2.24) is 9.62 Å². The lowest BCUT2D eigenvalue weighted by atomic mass is 10.4. The average Bonchev–Trinajstić information content (AvgIpc) is 2.98. The predicted octanol–water partition coefficient (Wildman–Crippen LogP) is 0.690. The lowest BCUT2D eigenvalue weighted by Gasteiger charge is -2.25. The summed E-state index contributed by atoms with van der Waals surface area (Å²) in [6.45, 7) is 0.831. The molecule has 0 radical (unpaired) electrons. The van der Waals surface area contributed by atoms with Gasteiger partial charge in [-0.1, -0.05) is 0 Å². The van der Waals surface area contributed by atoms with E-state index in [1.54, 1.807) is 17.1 Å². The predicted molar refractivity (Wildman–Crippen MR) is 85.0 cm³/mol. The third-order valence-electron chi connectivity index (χ3n) is 3.05. The number of nitrogens with zero attached hydrogens (tertiary/aromatic N) is 1. The van der Waals surface area contributed by atoms with E-state index < -0.39 is 21.9 Å². The molecule has 0 bridgehead atoms. The Hall–Kier alpha value is -1.10. The third-order valence-corrected chi connectivity index (χ3v) is 6.97. The maximum absolute atomic E-state index is 12.6. The van der Waals surface area contributed by atoms with Gasteiger partial charge >= 0.3 is 5.97 Å². The summed E-state index contributed by atoms with van der Waals surface area (Å²) in [5, 5.41) is 12.5. The molecule has 1 aliphatic rings. The number of hydrogen-bond donors (Lipinski definition) is 2. The Morgan fingerprint density at radius 2 is 2.00 bits per heavy atom. The molecule has 7 nitrogen and oxygen atoms in total. The van der Waals surface area contributed by atoms with Gasteiger partial charge in [0.25, 0.3) is 5.91 Å². The van der Waals surface area contributed by atoms with E-state index in [2.05, 4.69) is 5.32 Å². The number of carboxylic acid groups (broad SMARTS) is 1. The van der Waals surface area contributed by atoms with Crippen LogP contribution >= 0.6 is 23.1 Å². The summed E-state index contributed by atoms with van der Waals surface area (Å²) in [5.41, 5.74) is 0. The minimum Gasteiger partial charge on any atom is -0.481 e. The zero-order valence-electron chi connectivity index (χ0n) is 11.6. The Balaban J connectivity index is 2.14. The third kappa shape index (κ3) is 4.00. The van der Waals surface area contributed by atoms with Crippen LogP contribution in [0.4, 0.5) is 0 Å². The van der Waals surface area contributed by atoms with Crippen molar-refractivity contribution >= 4 is 45.0 Å². The Bertz CT molecular complexity index is 649. The number of rotatable bonds is 6. The van der Waals surface area contributed by atoms with Crippen LogP contribution in [0.1, 0.15) is 16.1 Å². The molecule has 1 amide bonds. The van der Waals surface area contributed by atoms with Crippen molar-refractivity contribution in [2.75, 3.05) is 31.1 Å². The van der Waals surface area contributed by atoms with E-state index in [1.807, 2.05) is 0 Å². The quantitative estimate of drug-likeness (QED) is 0.770. The van der Waals surface area contributed by atoms with Gasteiger partial charge in [0.2, 0.25) is 10.0 Å². The minimum absolute atomic E-state index is 0.00257. The number of carbonyl (C=O) groups is 2. The van der Waals surface area contributed by atoms with Crippen molar-refractivity contribution < 1.29 is 23.1 Å². The molecule has 1 aliphatic heterocycles. The SMILES string of the molecule is O=C(O)CCNC(=O)c1sccc1S(=O)(=O)N1CCSCC1. The lowest BCUT2D eigenvalue weighted by Crippen LogP contribution is -2.38. The van der Waals surface area contributed by atoms with Gasteiger partial charge in [-0.2, -0.15) is 16.1 Å². The first-order valence-electron chi connectivity index (χ1n) is 6.58. The second kappa shape index (κ2) is 7.44.